The van der Waals surface area contributed by atoms with E-state index in [9.17, 15) is 4.79 Å². The lowest BCUT2D eigenvalue weighted by atomic mass is 9.89. The van der Waals surface area contributed by atoms with Crippen molar-refractivity contribution in [3.63, 3.8) is 0 Å². The summed E-state index contributed by atoms with van der Waals surface area (Å²) in [5.41, 5.74) is 1.17. The highest BCUT2D eigenvalue weighted by Crippen LogP contribution is 2.26. The summed E-state index contributed by atoms with van der Waals surface area (Å²) >= 11 is 0. The zero-order chi connectivity index (χ0) is 8.55. The molecule has 64 valence electrons. The smallest absolute Gasteiger partial charge is 0.306 e. The largest absolute Gasteiger partial charge is 0.481 e. The molecular weight excluding hydrogens is 156 g/mol. The lowest BCUT2D eigenvalue weighted by Gasteiger charge is -2.16. The molecule has 1 aromatic rings. The highest BCUT2D eigenvalue weighted by atomic mass is 16.4. The minimum absolute atomic E-state index is 0.247. The summed E-state index contributed by atoms with van der Waals surface area (Å²) in [6.07, 6.45) is 3.76. The number of carboxylic acids is 1. The van der Waals surface area contributed by atoms with E-state index in [0.717, 1.165) is 18.6 Å². The van der Waals surface area contributed by atoms with E-state index in [4.69, 9.17) is 9.52 Å². The van der Waals surface area contributed by atoms with Gasteiger partial charge in [-0.3, -0.25) is 4.79 Å². The topological polar surface area (TPSA) is 50.4 Å². The third-order valence-electron chi connectivity index (χ3n) is 2.38. The van der Waals surface area contributed by atoms with E-state index in [1.807, 2.05) is 6.07 Å². The van der Waals surface area contributed by atoms with Gasteiger partial charge in [-0.25, -0.2) is 0 Å². The Labute approximate surface area is 70.0 Å². The SMILES string of the molecule is O=C(O)C1CCc2ccoc2C1. The Kier molecular flexibility index (Phi) is 1.64. The van der Waals surface area contributed by atoms with Crippen LogP contribution in [0.1, 0.15) is 17.7 Å². The molecule has 2 rings (SSSR count). The van der Waals surface area contributed by atoms with Crippen molar-refractivity contribution in [1.82, 2.24) is 0 Å². The molecule has 1 aliphatic carbocycles. The second-order valence-corrected chi connectivity index (χ2v) is 3.15. The molecule has 0 bridgehead atoms. The molecule has 1 heterocycles. The number of hydrogen-bond acceptors (Lipinski definition) is 2. The number of hydrogen-bond donors (Lipinski definition) is 1. The molecule has 1 N–H and O–H groups in total. The van der Waals surface area contributed by atoms with Gasteiger partial charge in [-0.05, 0) is 24.5 Å². The van der Waals surface area contributed by atoms with Gasteiger partial charge in [0.05, 0.1) is 12.2 Å². The Bertz CT molecular complexity index is 300. The van der Waals surface area contributed by atoms with Crippen LogP contribution >= 0.6 is 0 Å². The summed E-state index contributed by atoms with van der Waals surface area (Å²) in [4.78, 5) is 10.6. The van der Waals surface area contributed by atoms with Gasteiger partial charge in [0.2, 0.25) is 0 Å². The van der Waals surface area contributed by atoms with Crippen molar-refractivity contribution >= 4 is 5.97 Å². The maximum absolute atomic E-state index is 10.6. The highest BCUT2D eigenvalue weighted by Gasteiger charge is 2.25. The first-order chi connectivity index (χ1) is 5.77. The summed E-state index contributed by atoms with van der Waals surface area (Å²) < 4.78 is 5.17. The van der Waals surface area contributed by atoms with Crippen molar-refractivity contribution in [3.05, 3.63) is 23.7 Å². The van der Waals surface area contributed by atoms with Crippen LogP contribution in [0.5, 0.6) is 0 Å². The zero-order valence-corrected chi connectivity index (χ0v) is 6.62. The Morgan fingerprint density at radius 2 is 2.50 bits per heavy atom. The quantitative estimate of drug-likeness (QED) is 0.687. The molecule has 0 saturated carbocycles. The Morgan fingerprint density at radius 1 is 1.67 bits per heavy atom. The molecule has 1 unspecified atom stereocenters. The van der Waals surface area contributed by atoms with Crippen LogP contribution in [-0.4, -0.2) is 11.1 Å². The summed E-state index contributed by atoms with van der Waals surface area (Å²) in [5.74, 6) is -0.102. The van der Waals surface area contributed by atoms with E-state index in [-0.39, 0.29) is 5.92 Å². The number of fused-ring (bicyclic) bond motifs is 1. The van der Waals surface area contributed by atoms with Crippen LogP contribution in [0.3, 0.4) is 0 Å². The van der Waals surface area contributed by atoms with E-state index >= 15 is 0 Å². The molecule has 0 aromatic carbocycles. The minimum Gasteiger partial charge on any atom is -0.481 e. The van der Waals surface area contributed by atoms with Gasteiger partial charge in [0.25, 0.3) is 0 Å². The normalized spacial score (nSPS) is 21.8. The lowest BCUT2D eigenvalue weighted by Crippen LogP contribution is -2.21. The van der Waals surface area contributed by atoms with Gasteiger partial charge in [0.1, 0.15) is 5.76 Å². The van der Waals surface area contributed by atoms with E-state index in [1.165, 1.54) is 5.56 Å². The molecule has 3 heteroatoms. The predicted molar refractivity (Wildman–Crippen MR) is 41.9 cm³/mol. The first-order valence-corrected chi connectivity index (χ1v) is 4.05. The van der Waals surface area contributed by atoms with Crippen LogP contribution < -0.4 is 0 Å². The van der Waals surface area contributed by atoms with E-state index in [1.54, 1.807) is 6.26 Å². The van der Waals surface area contributed by atoms with Crippen LogP contribution in [0, 0.1) is 5.92 Å². The zero-order valence-electron chi connectivity index (χ0n) is 6.62. The van der Waals surface area contributed by atoms with Gasteiger partial charge in [0, 0.05) is 6.42 Å². The maximum Gasteiger partial charge on any atom is 0.306 e. The Balaban J connectivity index is 2.20. The summed E-state index contributed by atoms with van der Waals surface area (Å²) in [6, 6.07) is 1.92. The molecule has 1 atom stereocenters. The molecule has 0 fully saturated rings. The van der Waals surface area contributed by atoms with Crippen molar-refractivity contribution in [2.24, 2.45) is 5.92 Å². The molecule has 0 radical (unpaired) electrons. The van der Waals surface area contributed by atoms with Crippen molar-refractivity contribution in [2.75, 3.05) is 0 Å². The van der Waals surface area contributed by atoms with Gasteiger partial charge in [-0.2, -0.15) is 0 Å². The lowest BCUT2D eigenvalue weighted by molar-refractivity contribution is -0.142. The average molecular weight is 166 g/mol. The molecule has 1 aromatic heterocycles. The van der Waals surface area contributed by atoms with E-state index in [0.29, 0.717) is 6.42 Å². The third-order valence-corrected chi connectivity index (χ3v) is 2.38. The molecule has 0 saturated heterocycles. The predicted octanol–water partition coefficient (Wildman–Crippen LogP) is 1.47. The first kappa shape index (κ1) is 7.40. The summed E-state index contributed by atoms with van der Waals surface area (Å²) in [5, 5.41) is 8.76. The Hall–Kier alpha value is -1.25. The van der Waals surface area contributed by atoms with Crippen LogP contribution in [-0.2, 0) is 17.6 Å². The van der Waals surface area contributed by atoms with E-state index in [2.05, 4.69) is 0 Å². The molecule has 3 nitrogen and oxygen atoms in total. The van der Waals surface area contributed by atoms with E-state index < -0.39 is 5.97 Å². The summed E-state index contributed by atoms with van der Waals surface area (Å²) in [7, 11) is 0. The number of carbonyl (C=O) groups is 1. The molecular formula is C9H10O3. The minimum atomic E-state index is -0.711. The molecule has 0 aliphatic heterocycles. The van der Waals surface area contributed by atoms with Crippen LogP contribution in [0.4, 0.5) is 0 Å². The molecule has 12 heavy (non-hydrogen) atoms. The molecule has 1 aliphatic rings. The van der Waals surface area contributed by atoms with Gasteiger partial charge < -0.3 is 9.52 Å². The van der Waals surface area contributed by atoms with Crippen LogP contribution in [0.15, 0.2) is 16.7 Å². The van der Waals surface area contributed by atoms with Gasteiger partial charge in [0.15, 0.2) is 0 Å². The number of carboxylic acid groups (broad SMARTS) is 1. The van der Waals surface area contributed by atoms with Crippen molar-refractivity contribution in [2.45, 2.75) is 19.3 Å². The van der Waals surface area contributed by atoms with Crippen molar-refractivity contribution in [1.29, 1.82) is 0 Å². The van der Waals surface area contributed by atoms with Crippen LogP contribution in [0.2, 0.25) is 0 Å². The van der Waals surface area contributed by atoms with Crippen molar-refractivity contribution < 1.29 is 14.3 Å². The maximum atomic E-state index is 10.6. The monoisotopic (exact) mass is 166 g/mol. The standard InChI is InChI=1S/C9H10O3/c10-9(11)7-2-1-6-3-4-12-8(6)5-7/h3-4,7H,1-2,5H2,(H,10,11). The number of aliphatic carboxylic acids is 1. The highest BCUT2D eigenvalue weighted by molar-refractivity contribution is 5.70. The van der Waals surface area contributed by atoms with Gasteiger partial charge in [-0.15, -0.1) is 0 Å². The average Bonchev–Trinajstić information content (AvgIpc) is 2.49. The second-order valence-electron chi connectivity index (χ2n) is 3.15. The number of aryl methyl sites for hydroxylation is 1. The molecule has 0 spiro atoms. The third kappa shape index (κ3) is 1.11. The fraction of sp³-hybridized carbons (Fsp3) is 0.444. The van der Waals surface area contributed by atoms with Crippen molar-refractivity contribution in [3.8, 4) is 0 Å². The second kappa shape index (κ2) is 2.66. The van der Waals surface area contributed by atoms with Gasteiger partial charge in [-0.1, -0.05) is 0 Å². The fourth-order valence-electron chi connectivity index (χ4n) is 1.64. The summed E-state index contributed by atoms with van der Waals surface area (Å²) in [6.45, 7) is 0. The van der Waals surface area contributed by atoms with Gasteiger partial charge >= 0.3 is 5.97 Å². The Morgan fingerprint density at radius 3 is 3.25 bits per heavy atom. The first-order valence-electron chi connectivity index (χ1n) is 4.05. The number of furan rings is 1. The molecule has 0 amide bonds. The fourth-order valence-corrected chi connectivity index (χ4v) is 1.64. The van der Waals surface area contributed by atoms with Crippen LogP contribution in [0.25, 0.3) is 0 Å². The number of rotatable bonds is 1.